The fourth-order valence-electron chi connectivity index (χ4n) is 2.86. The summed E-state index contributed by atoms with van der Waals surface area (Å²) in [6.45, 7) is 1.01. The van der Waals surface area contributed by atoms with Crippen LogP contribution in [-0.4, -0.2) is 31.4 Å². The van der Waals surface area contributed by atoms with E-state index in [0.29, 0.717) is 0 Å². The van der Waals surface area contributed by atoms with Gasteiger partial charge in [-0.05, 0) is 42.8 Å². The van der Waals surface area contributed by atoms with Gasteiger partial charge in [0.15, 0.2) is 0 Å². The van der Waals surface area contributed by atoms with Gasteiger partial charge in [0, 0.05) is 16.6 Å². The first-order chi connectivity index (χ1) is 15.3. The van der Waals surface area contributed by atoms with E-state index >= 15 is 0 Å². The van der Waals surface area contributed by atoms with Crippen LogP contribution < -0.4 is 5.43 Å². The summed E-state index contributed by atoms with van der Waals surface area (Å²) in [6, 6.07) is 19.4. The molecule has 0 aromatic heterocycles. The van der Waals surface area contributed by atoms with Crippen LogP contribution in [0.1, 0.15) is 16.7 Å². The van der Waals surface area contributed by atoms with E-state index < -0.39 is 28.3 Å². The van der Waals surface area contributed by atoms with E-state index in [4.69, 9.17) is 0 Å². The molecular weight excluding hydrogens is 497 g/mol. The van der Waals surface area contributed by atoms with Crippen molar-refractivity contribution in [2.45, 2.75) is 18.4 Å². The molecular formula is C23H21BrFN3O3S. The van der Waals surface area contributed by atoms with Crippen molar-refractivity contribution in [1.82, 2.24) is 9.73 Å². The highest BCUT2D eigenvalue weighted by atomic mass is 79.9. The van der Waals surface area contributed by atoms with Gasteiger partial charge in [0.1, 0.15) is 5.82 Å². The quantitative estimate of drug-likeness (QED) is 0.358. The molecule has 0 saturated heterocycles. The van der Waals surface area contributed by atoms with Gasteiger partial charge in [-0.2, -0.15) is 9.41 Å². The average molecular weight is 518 g/mol. The SMILES string of the molecule is Cc1ccc(S(=O)(=O)N(CC(=O)N/N=C\c2cccc(Br)c2)Cc2ccccc2F)cc1. The Bertz CT molecular complexity index is 1230. The number of amides is 1. The van der Waals surface area contributed by atoms with E-state index in [0.717, 1.165) is 19.9 Å². The number of hydrazone groups is 1. The molecule has 1 amide bonds. The van der Waals surface area contributed by atoms with Crippen LogP contribution in [0.4, 0.5) is 4.39 Å². The zero-order valence-corrected chi connectivity index (χ0v) is 19.6. The van der Waals surface area contributed by atoms with Gasteiger partial charge in [-0.1, -0.05) is 64.0 Å². The Morgan fingerprint density at radius 1 is 1.09 bits per heavy atom. The molecule has 166 valence electrons. The molecule has 0 bridgehead atoms. The second kappa shape index (κ2) is 10.6. The maximum atomic E-state index is 14.2. The lowest BCUT2D eigenvalue weighted by Crippen LogP contribution is -2.39. The van der Waals surface area contributed by atoms with E-state index in [-0.39, 0.29) is 17.0 Å². The van der Waals surface area contributed by atoms with E-state index in [1.165, 1.54) is 36.5 Å². The Morgan fingerprint density at radius 2 is 1.81 bits per heavy atom. The lowest BCUT2D eigenvalue weighted by Gasteiger charge is -2.22. The monoisotopic (exact) mass is 517 g/mol. The van der Waals surface area contributed by atoms with Gasteiger partial charge in [-0.25, -0.2) is 18.2 Å². The molecule has 3 aromatic rings. The first-order valence-electron chi connectivity index (χ1n) is 9.63. The zero-order valence-electron chi connectivity index (χ0n) is 17.2. The molecule has 0 radical (unpaired) electrons. The lowest BCUT2D eigenvalue weighted by atomic mass is 10.2. The summed E-state index contributed by atoms with van der Waals surface area (Å²) in [6.07, 6.45) is 1.44. The lowest BCUT2D eigenvalue weighted by molar-refractivity contribution is -0.121. The zero-order chi connectivity index (χ0) is 23.1. The number of aryl methyl sites for hydroxylation is 1. The number of halogens is 2. The van der Waals surface area contributed by atoms with E-state index in [1.807, 2.05) is 25.1 Å². The Balaban J connectivity index is 1.81. The minimum Gasteiger partial charge on any atom is -0.272 e. The number of nitrogens with one attached hydrogen (secondary N) is 1. The van der Waals surface area contributed by atoms with Crippen molar-refractivity contribution in [2.24, 2.45) is 5.10 Å². The molecule has 32 heavy (non-hydrogen) atoms. The van der Waals surface area contributed by atoms with Crippen molar-refractivity contribution in [3.05, 3.63) is 99.8 Å². The molecule has 0 atom stereocenters. The summed E-state index contributed by atoms with van der Waals surface area (Å²) < 4.78 is 42.4. The summed E-state index contributed by atoms with van der Waals surface area (Å²) in [5.74, 6) is -1.20. The number of benzene rings is 3. The molecule has 9 heteroatoms. The van der Waals surface area contributed by atoms with E-state index in [2.05, 4.69) is 26.5 Å². The van der Waals surface area contributed by atoms with Gasteiger partial charge in [0.25, 0.3) is 5.91 Å². The van der Waals surface area contributed by atoms with Crippen LogP contribution in [0, 0.1) is 12.7 Å². The molecule has 0 aliphatic carbocycles. The van der Waals surface area contributed by atoms with Crippen molar-refractivity contribution >= 4 is 38.1 Å². The van der Waals surface area contributed by atoms with Gasteiger partial charge in [0.05, 0.1) is 17.7 Å². The third-order valence-corrected chi connectivity index (χ3v) is 6.83. The van der Waals surface area contributed by atoms with Crippen LogP contribution in [0.25, 0.3) is 0 Å². The van der Waals surface area contributed by atoms with Crippen molar-refractivity contribution in [3.8, 4) is 0 Å². The summed E-state index contributed by atoms with van der Waals surface area (Å²) in [4.78, 5) is 12.5. The molecule has 0 spiro atoms. The largest absolute Gasteiger partial charge is 0.272 e. The molecule has 0 fully saturated rings. The smallest absolute Gasteiger partial charge is 0.255 e. The van der Waals surface area contributed by atoms with Crippen LogP contribution in [0.5, 0.6) is 0 Å². The minimum atomic E-state index is -4.06. The average Bonchev–Trinajstić information content (AvgIpc) is 2.75. The summed E-state index contributed by atoms with van der Waals surface area (Å²) >= 11 is 3.35. The van der Waals surface area contributed by atoms with Crippen LogP contribution in [0.15, 0.2) is 87.3 Å². The highest BCUT2D eigenvalue weighted by Crippen LogP contribution is 2.20. The van der Waals surface area contributed by atoms with Crippen molar-refractivity contribution < 1.29 is 17.6 Å². The van der Waals surface area contributed by atoms with Crippen LogP contribution >= 0.6 is 15.9 Å². The molecule has 3 rings (SSSR count). The first-order valence-corrected chi connectivity index (χ1v) is 11.9. The van der Waals surface area contributed by atoms with Crippen molar-refractivity contribution in [1.29, 1.82) is 0 Å². The molecule has 0 unspecified atom stereocenters. The second-order valence-electron chi connectivity index (χ2n) is 7.03. The molecule has 0 aliphatic rings. The van der Waals surface area contributed by atoms with Gasteiger partial charge in [-0.15, -0.1) is 0 Å². The normalized spacial score (nSPS) is 11.8. The van der Waals surface area contributed by atoms with Crippen molar-refractivity contribution in [2.75, 3.05) is 6.54 Å². The molecule has 0 heterocycles. The van der Waals surface area contributed by atoms with Gasteiger partial charge < -0.3 is 0 Å². The maximum Gasteiger partial charge on any atom is 0.255 e. The minimum absolute atomic E-state index is 0.0184. The molecule has 0 saturated carbocycles. The number of carbonyl (C=O) groups is 1. The van der Waals surface area contributed by atoms with E-state index in [1.54, 1.807) is 24.3 Å². The van der Waals surface area contributed by atoms with Gasteiger partial charge in [-0.3, -0.25) is 4.79 Å². The van der Waals surface area contributed by atoms with Gasteiger partial charge in [0.2, 0.25) is 10.0 Å². The highest BCUT2D eigenvalue weighted by molar-refractivity contribution is 9.10. The predicted molar refractivity (Wildman–Crippen MR) is 125 cm³/mol. The van der Waals surface area contributed by atoms with Gasteiger partial charge >= 0.3 is 0 Å². The van der Waals surface area contributed by atoms with Crippen molar-refractivity contribution in [3.63, 3.8) is 0 Å². The molecule has 6 nitrogen and oxygen atoms in total. The topological polar surface area (TPSA) is 78.8 Å². The Labute approximate surface area is 195 Å². The third-order valence-electron chi connectivity index (χ3n) is 4.53. The number of hydrogen-bond acceptors (Lipinski definition) is 4. The standard InChI is InChI=1S/C23H21BrFN3O3S/c1-17-9-11-21(12-10-17)32(30,31)28(15-19-6-2-3-8-22(19)25)16-23(29)27-26-14-18-5-4-7-20(24)13-18/h2-14H,15-16H2,1H3,(H,27,29)/b26-14-. The number of sulfonamides is 1. The number of carbonyl (C=O) groups excluding carboxylic acids is 1. The number of rotatable bonds is 8. The summed E-state index contributed by atoms with van der Waals surface area (Å²) in [5.41, 5.74) is 4.13. The molecule has 0 aliphatic heterocycles. The summed E-state index contributed by atoms with van der Waals surface area (Å²) in [5, 5.41) is 3.89. The third kappa shape index (κ3) is 6.32. The fourth-order valence-corrected chi connectivity index (χ4v) is 4.65. The number of nitrogens with zero attached hydrogens (tertiary/aromatic N) is 2. The van der Waals surface area contributed by atoms with Crippen LogP contribution in [0.3, 0.4) is 0 Å². The molecule has 3 aromatic carbocycles. The predicted octanol–water partition coefficient (Wildman–Crippen LogP) is 4.24. The highest BCUT2D eigenvalue weighted by Gasteiger charge is 2.27. The number of hydrogen-bond donors (Lipinski definition) is 1. The van der Waals surface area contributed by atoms with Crippen LogP contribution in [0.2, 0.25) is 0 Å². The Hall–Kier alpha value is -2.88. The first kappa shape index (κ1) is 23.8. The molecule has 1 N–H and O–H groups in total. The maximum absolute atomic E-state index is 14.2. The second-order valence-corrected chi connectivity index (χ2v) is 9.88. The van der Waals surface area contributed by atoms with Crippen LogP contribution in [-0.2, 0) is 21.4 Å². The summed E-state index contributed by atoms with van der Waals surface area (Å²) in [7, 11) is -4.06. The van der Waals surface area contributed by atoms with E-state index in [9.17, 15) is 17.6 Å². The fraction of sp³-hybridized carbons (Fsp3) is 0.130. The Kier molecular flexibility index (Phi) is 7.89. The Morgan fingerprint density at radius 3 is 2.50 bits per heavy atom.